The molecule has 0 radical (unpaired) electrons. The Balaban J connectivity index is 1.90. The fraction of sp³-hybridized carbons (Fsp3) is 0.400. The first-order valence-electron chi connectivity index (χ1n) is 6.62. The Morgan fingerprint density at radius 1 is 1.30 bits per heavy atom. The fourth-order valence-corrected chi connectivity index (χ4v) is 3.26. The normalized spacial score (nSPS) is 10.6. The molecule has 3 nitrogen and oxygen atoms in total. The number of ether oxygens (including phenoxy) is 2. The lowest BCUT2D eigenvalue weighted by Crippen LogP contribution is -2.01. The highest BCUT2D eigenvalue weighted by atomic mass is 32.1. The van der Waals surface area contributed by atoms with Gasteiger partial charge in [-0.1, -0.05) is 13.0 Å². The van der Waals surface area contributed by atoms with Crippen LogP contribution >= 0.6 is 24.0 Å². The van der Waals surface area contributed by atoms with Crippen molar-refractivity contribution in [1.29, 1.82) is 0 Å². The van der Waals surface area contributed by atoms with Crippen LogP contribution in [-0.4, -0.2) is 18.7 Å². The molecule has 0 bridgehead atoms. The van der Waals surface area contributed by atoms with E-state index in [4.69, 9.17) is 9.47 Å². The summed E-state index contributed by atoms with van der Waals surface area (Å²) in [7, 11) is 1.65. The quantitative estimate of drug-likeness (QED) is 0.790. The van der Waals surface area contributed by atoms with E-state index in [2.05, 4.69) is 24.5 Å². The Hall–Kier alpha value is -1.20. The first-order valence-corrected chi connectivity index (χ1v) is 8.06. The molecule has 0 atom stereocenters. The van der Waals surface area contributed by atoms with E-state index >= 15 is 0 Å². The minimum Gasteiger partial charge on any atom is -0.497 e. The monoisotopic (exact) mass is 309 g/mol. The molecule has 1 heterocycles. The van der Waals surface area contributed by atoms with Crippen molar-refractivity contribution in [2.75, 3.05) is 13.7 Å². The number of thiazole rings is 1. The van der Waals surface area contributed by atoms with Crippen LogP contribution in [0.3, 0.4) is 0 Å². The summed E-state index contributed by atoms with van der Waals surface area (Å²) in [4.78, 5) is 5.90. The largest absolute Gasteiger partial charge is 0.497 e. The molecular weight excluding hydrogens is 290 g/mol. The van der Waals surface area contributed by atoms with E-state index in [9.17, 15) is 0 Å². The topological polar surface area (TPSA) is 31.4 Å². The molecule has 0 aliphatic carbocycles. The van der Waals surface area contributed by atoms with Gasteiger partial charge < -0.3 is 9.47 Å². The third-order valence-corrected chi connectivity index (χ3v) is 4.61. The average molecular weight is 309 g/mol. The van der Waals surface area contributed by atoms with Crippen LogP contribution in [0, 0.1) is 0 Å². The SMILES string of the molecule is CCc1nc(CCOc2cccc(OC)c2)sc1CS. The van der Waals surface area contributed by atoms with E-state index in [-0.39, 0.29) is 0 Å². The lowest BCUT2D eigenvalue weighted by molar-refractivity contribution is 0.318. The third kappa shape index (κ3) is 3.90. The van der Waals surface area contributed by atoms with E-state index in [1.165, 1.54) is 10.6 Å². The highest BCUT2D eigenvalue weighted by Gasteiger charge is 2.08. The first kappa shape index (κ1) is 15.2. The van der Waals surface area contributed by atoms with E-state index in [1.54, 1.807) is 18.4 Å². The zero-order chi connectivity index (χ0) is 14.4. The summed E-state index contributed by atoms with van der Waals surface area (Å²) in [6, 6.07) is 7.64. The lowest BCUT2D eigenvalue weighted by Gasteiger charge is -2.06. The van der Waals surface area contributed by atoms with Gasteiger partial charge in [0.15, 0.2) is 0 Å². The standard InChI is InChI=1S/C15H19NO2S2/c1-3-13-14(10-19)20-15(16-13)7-8-18-12-6-4-5-11(9-12)17-2/h4-6,9,19H,3,7-8,10H2,1-2H3. The van der Waals surface area contributed by atoms with E-state index < -0.39 is 0 Å². The Bertz CT molecular complexity index is 533. The highest BCUT2D eigenvalue weighted by molar-refractivity contribution is 7.79. The van der Waals surface area contributed by atoms with Gasteiger partial charge in [-0.25, -0.2) is 4.98 Å². The van der Waals surface area contributed by atoms with Gasteiger partial charge in [0.25, 0.3) is 0 Å². The van der Waals surface area contributed by atoms with Gasteiger partial charge >= 0.3 is 0 Å². The van der Waals surface area contributed by atoms with Crippen molar-refractivity contribution in [1.82, 2.24) is 4.98 Å². The van der Waals surface area contributed by atoms with Gasteiger partial charge in [-0.2, -0.15) is 12.6 Å². The zero-order valence-electron chi connectivity index (χ0n) is 11.8. The molecule has 5 heteroatoms. The van der Waals surface area contributed by atoms with Crippen LogP contribution in [-0.2, 0) is 18.6 Å². The molecule has 0 saturated heterocycles. The van der Waals surface area contributed by atoms with Crippen molar-refractivity contribution < 1.29 is 9.47 Å². The molecule has 1 aromatic carbocycles. The molecular formula is C15H19NO2S2. The number of aromatic nitrogens is 1. The molecule has 108 valence electrons. The molecule has 2 aromatic rings. The van der Waals surface area contributed by atoms with Crippen molar-refractivity contribution in [2.45, 2.75) is 25.5 Å². The van der Waals surface area contributed by atoms with Crippen LogP contribution in [0.4, 0.5) is 0 Å². The molecule has 0 aliphatic heterocycles. The summed E-state index contributed by atoms with van der Waals surface area (Å²) in [6.45, 7) is 2.74. The molecule has 0 fully saturated rings. The molecule has 1 aromatic heterocycles. The molecule has 0 amide bonds. The molecule has 0 aliphatic rings. The van der Waals surface area contributed by atoms with Gasteiger partial charge in [0.1, 0.15) is 11.5 Å². The summed E-state index contributed by atoms with van der Waals surface area (Å²) in [5, 5.41) is 1.12. The fourth-order valence-electron chi connectivity index (χ4n) is 1.89. The molecule has 0 spiro atoms. The number of rotatable bonds is 7. The predicted molar refractivity (Wildman–Crippen MR) is 86.4 cm³/mol. The number of thiol groups is 1. The maximum atomic E-state index is 5.74. The first-order chi connectivity index (χ1) is 9.76. The Labute approximate surface area is 129 Å². The molecule has 20 heavy (non-hydrogen) atoms. The van der Waals surface area contributed by atoms with Crippen molar-refractivity contribution in [3.63, 3.8) is 0 Å². The third-order valence-electron chi connectivity index (χ3n) is 2.93. The number of aryl methyl sites for hydroxylation is 1. The van der Waals surface area contributed by atoms with Crippen molar-refractivity contribution in [3.05, 3.63) is 39.8 Å². The Morgan fingerprint density at radius 2 is 2.10 bits per heavy atom. The number of nitrogens with zero attached hydrogens (tertiary/aromatic N) is 1. The second-order valence-electron chi connectivity index (χ2n) is 4.27. The van der Waals surface area contributed by atoms with Crippen LogP contribution in [0.5, 0.6) is 11.5 Å². The van der Waals surface area contributed by atoms with Crippen LogP contribution in [0.1, 0.15) is 22.5 Å². The summed E-state index contributed by atoms with van der Waals surface area (Å²) >= 11 is 6.08. The summed E-state index contributed by atoms with van der Waals surface area (Å²) < 4.78 is 10.9. The second kappa shape index (κ2) is 7.55. The minimum absolute atomic E-state index is 0.621. The van der Waals surface area contributed by atoms with Crippen LogP contribution in [0.15, 0.2) is 24.3 Å². The predicted octanol–water partition coefficient (Wildman–Crippen LogP) is 3.77. The van der Waals surface area contributed by atoms with E-state index in [0.717, 1.165) is 35.1 Å². The number of methoxy groups -OCH3 is 1. The van der Waals surface area contributed by atoms with Gasteiger partial charge in [0.05, 0.1) is 24.4 Å². The lowest BCUT2D eigenvalue weighted by atomic mass is 10.3. The number of benzene rings is 1. The summed E-state index contributed by atoms with van der Waals surface area (Å²) in [5.41, 5.74) is 1.17. The Morgan fingerprint density at radius 3 is 2.75 bits per heavy atom. The van der Waals surface area contributed by atoms with Crippen LogP contribution in [0.25, 0.3) is 0 Å². The summed E-state index contributed by atoms with van der Waals surface area (Å²) in [5.74, 6) is 2.39. The van der Waals surface area contributed by atoms with Crippen LogP contribution in [0.2, 0.25) is 0 Å². The van der Waals surface area contributed by atoms with Gasteiger partial charge in [-0.05, 0) is 18.6 Å². The van der Waals surface area contributed by atoms with E-state index in [1.807, 2.05) is 24.3 Å². The van der Waals surface area contributed by atoms with Crippen molar-refractivity contribution in [3.8, 4) is 11.5 Å². The van der Waals surface area contributed by atoms with Gasteiger partial charge in [0, 0.05) is 23.1 Å². The second-order valence-corrected chi connectivity index (χ2v) is 5.75. The highest BCUT2D eigenvalue weighted by Crippen LogP contribution is 2.22. The Kier molecular flexibility index (Phi) is 5.73. The maximum Gasteiger partial charge on any atom is 0.123 e. The van der Waals surface area contributed by atoms with Crippen LogP contribution < -0.4 is 9.47 Å². The smallest absolute Gasteiger partial charge is 0.123 e. The van der Waals surface area contributed by atoms with Gasteiger partial charge in [0.2, 0.25) is 0 Å². The zero-order valence-corrected chi connectivity index (χ0v) is 13.5. The average Bonchev–Trinajstić information content (AvgIpc) is 2.90. The minimum atomic E-state index is 0.621. The molecule has 2 rings (SSSR count). The maximum absolute atomic E-state index is 5.74. The number of hydrogen-bond donors (Lipinski definition) is 1. The van der Waals surface area contributed by atoms with Gasteiger partial charge in [-0.3, -0.25) is 0 Å². The molecule has 0 unspecified atom stereocenters. The van der Waals surface area contributed by atoms with Gasteiger partial charge in [-0.15, -0.1) is 11.3 Å². The van der Waals surface area contributed by atoms with E-state index in [0.29, 0.717) is 6.61 Å². The molecule has 0 saturated carbocycles. The number of hydrogen-bond acceptors (Lipinski definition) is 5. The van der Waals surface area contributed by atoms with Crippen molar-refractivity contribution >= 4 is 24.0 Å². The van der Waals surface area contributed by atoms with Crippen molar-refractivity contribution in [2.24, 2.45) is 0 Å². The molecule has 0 N–H and O–H groups in total. The summed E-state index contributed by atoms with van der Waals surface area (Å²) in [6.07, 6.45) is 1.78.